The van der Waals surface area contributed by atoms with Gasteiger partial charge in [-0.2, -0.15) is 5.10 Å². The lowest BCUT2D eigenvalue weighted by atomic mass is 10.0. The summed E-state index contributed by atoms with van der Waals surface area (Å²) >= 11 is 0. The molecule has 188 valence electrons. The molecule has 0 aliphatic heterocycles. The van der Waals surface area contributed by atoms with E-state index in [0.717, 1.165) is 24.3 Å². The van der Waals surface area contributed by atoms with Crippen molar-refractivity contribution in [3.8, 4) is 22.4 Å². The van der Waals surface area contributed by atoms with Crippen molar-refractivity contribution < 1.29 is 26.4 Å². The van der Waals surface area contributed by atoms with E-state index in [1.807, 2.05) is 0 Å². The molecule has 2 heterocycles. The molecule has 2 aromatic carbocycles. The molecule has 0 atom stereocenters. The topological polar surface area (TPSA) is 125 Å². The molecule has 4 rings (SSSR count). The summed E-state index contributed by atoms with van der Waals surface area (Å²) in [6.07, 6.45) is 2.71. The first-order valence-electron chi connectivity index (χ1n) is 10.6. The minimum absolute atomic E-state index is 0.0378. The number of aromatic nitrogens is 4. The van der Waals surface area contributed by atoms with Gasteiger partial charge in [0, 0.05) is 36.5 Å². The van der Waals surface area contributed by atoms with Crippen LogP contribution in [0.5, 0.6) is 0 Å². The van der Waals surface area contributed by atoms with Crippen molar-refractivity contribution in [3.63, 3.8) is 0 Å². The third kappa shape index (κ3) is 4.75. The van der Waals surface area contributed by atoms with Crippen LogP contribution in [0.3, 0.4) is 0 Å². The van der Waals surface area contributed by atoms with Gasteiger partial charge in [-0.15, -0.1) is 0 Å². The number of rotatable bonds is 8. The number of carbonyl (C=O) groups excluding carboxylic acids is 1. The minimum atomic E-state index is -3.86. The molecule has 0 unspecified atom stereocenters. The zero-order valence-electron chi connectivity index (χ0n) is 19.2. The molecule has 0 aliphatic rings. The van der Waals surface area contributed by atoms with Crippen LogP contribution in [0.15, 0.2) is 53.7 Å². The Labute approximate surface area is 204 Å². The molecule has 4 aromatic rings. The Morgan fingerprint density at radius 2 is 1.67 bits per heavy atom. The fourth-order valence-electron chi connectivity index (χ4n) is 3.73. The number of sulfonamides is 1. The number of aryl methyl sites for hydroxylation is 1. The number of benzene rings is 2. The fourth-order valence-corrected chi connectivity index (χ4v) is 4.75. The summed E-state index contributed by atoms with van der Waals surface area (Å²) in [5, 5.41) is 4.26. The van der Waals surface area contributed by atoms with E-state index < -0.39 is 33.4 Å². The van der Waals surface area contributed by atoms with Gasteiger partial charge in [-0.05, 0) is 37.3 Å². The molecule has 2 aromatic heterocycles. The first-order chi connectivity index (χ1) is 17.0. The van der Waals surface area contributed by atoms with E-state index in [4.69, 9.17) is 5.73 Å². The Kier molecular flexibility index (Phi) is 6.69. The van der Waals surface area contributed by atoms with Crippen molar-refractivity contribution in [2.24, 2.45) is 12.8 Å². The first-order valence-corrected chi connectivity index (χ1v) is 12.1. The molecular formula is C23H21F3N6O3S. The Hall–Kier alpha value is -3.97. The Bertz CT molecular complexity index is 1560. The molecule has 9 nitrogen and oxygen atoms in total. The second-order valence-electron chi connectivity index (χ2n) is 7.92. The number of hydrogen-bond donors (Lipinski definition) is 2. The maximum atomic E-state index is 15.1. The van der Waals surface area contributed by atoms with Crippen LogP contribution in [0, 0.1) is 24.4 Å². The van der Waals surface area contributed by atoms with Crippen LogP contribution in [-0.4, -0.2) is 40.2 Å². The van der Waals surface area contributed by atoms with Crippen LogP contribution in [0.4, 0.5) is 13.2 Å². The van der Waals surface area contributed by atoms with Gasteiger partial charge >= 0.3 is 0 Å². The van der Waals surface area contributed by atoms with Crippen molar-refractivity contribution in [3.05, 3.63) is 77.8 Å². The van der Waals surface area contributed by atoms with E-state index in [0.29, 0.717) is 11.3 Å². The number of nitrogens with zero attached hydrogens (tertiary/aromatic N) is 4. The lowest BCUT2D eigenvalue weighted by Crippen LogP contribution is -2.27. The average molecular weight is 519 g/mol. The number of nitrogens with two attached hydrogens (primary N) is 1. The molecule has 1 amide bonds. The molecule has 0 bridgehead atoms. The van der Waals surface area contributed by atoms with Crippen molar-refractivity contribution >= 4 is 15.9 Å². The molecule has 0 aliphatic carbocycles. The molecule has 0 radical (unpaired) electrons. The van der Waals surface area contributed by atoms with E-state index in [2.05, 4.69) is 14.8 Å². The predicted octanol–water partition coefficient (Wildman–Crippen LogP) is 2.75. The third-order valence-electron chi connectivity index (χ3n) is 5.56. The standard InChI is InChI=1S/C23H21F3N6O3S/c1-13-18(12-32(30-13)10-9-29-36(34,35)15-5-3-14(24)4-6-15)16-7-8-17(21(26)20(16)25)19-11-28-23(22(27)33)31(19)2/h3-8,11-12,29H,9-10H2,1-2H3,(H2,27,33). The second kappa shape index (κ2) is 9.59. The quantitative estimate of drug-likeness (QED) is 0.371. The smallest absolute Gasteiger partial charge is 0.284 e. The van der Waals surface area contributed by atoms with Crippen LogP contribution < -0.4 is 10.5 Å². The number of nitrogens with one attached hydrogen (secondary N) is 1. The molecule has 0 saturated heterocycles. The van der Waals surface area contributed by atoms with E-state index >= 15 is 8.78 Å². The zero-order chi connectivity index (χ0) is 26.2. The lowest BCUT2D eigenvalue weighted by molar-refractivity contribution is 0.0987. The maximum Gasteiger partial charge on any atom is 0.284 e. The molecule has 36 heavy (non-hydrogen) atoms. The predicted molar refractivity (Wildman–Crippen MR) is 125 cm³/mol. The summed E-state index contributed by atoms with van der Waals surface area (Å²) in [4.78, 5) is 15.2. The van der Waals surface area contributed by atoms with Crippen LogP contribution in [0.25, 0.3) is 22.4 Å². The van der Waals surface area contributed by atoms with E-state index in [9.17, 15) is 17.6 Å². The SMILES string of the molecule is Cc1nn(CCNS(=O)(=O)c2ccc(F)cc2)cc1-c1ccc(-c2cnc(C(N)=O)n2C)c(F)c1F. The second-order valence-corrected chi connectivity index (χ2v) is 9.69. The number of halogens is 3. The highest BCUT2D eigenvalue weighted by Gasteiger charge is 2.22. The lowest BCUT2D eigenvalue weighted by Gasteiger charge is -2.09. The number of carbonyl (C=O) groups is 1. The zero-order valence-corrected chi connectivity index (χ0v) is 20.0. The molecule has 13 heteroatoms. The van der Waals surface area contributed by atoms with Crippen molar-refractivity contribution in [2.75, 3.05) is 6.54 Å². The average Bonchev–Trinajstić information content (AvgIpc) is 3.38. The number of imidazole rings is 1. The summed E-state index contributed by atoms with van der Waals surface area (Å²) in [6, 6.07) is 7.13. The van der Waals surface area contributed by atoms with Gasteiger partial charge in [0.15, 0.2) is 17.5 Å². The number of primary amides is 1. The normalized spacial score (nSPS) is 11.7. The van der Waals surface area contributed by atoms with Gasteiger partial charge in [0.05, 0.1) is 29.0 Å². The van der Waals surface area contributed by atoms with Crippen LogP contribution in [-0.2, 0) is 23.6 Å². The highest BCUT2D eigenvalue weighted by Crippen LogP contribution is 2.32. The summed E-state index contributed by atoms with van der Waals surface area (Å²) in [5.74, 6) is -3.70. The van der Waals surface area contributed by atoms with Crippen LogP contribution >= 0.6 is 0 Å². The Morgan fingerprint density at radius 1 is 1.03 bits per heavy atom. The molecular weight excluding hydrogens is 497 g/mol. The van der Waals surface area contributed by atoms with Crippen molar-refractivity contribution in [2.45, 2.75) is 18.4 Å². The highest BCUT2D eigenvalue weighted by atomic mass is 32.2. The molecule has 3 N–H and O–H groups in total. The van der Waals surface area contributed by atoms with Gasteiger partial charge in [0.2, 0.25) is 10.0 Å². The molecule has 0 spiro atoms. The van der Waals surface area contributed by atoms with Crippen molar-refractivity contribution in [1.82, 2.24) is 24.1 Å². The van der Waals surface area contributed by atoms with Crippen LogP contribution in [0.1, 0.15) is 16.3 Å². The first kappa shape index (κ1) is 25.1. The number of hydrogen-bond acceptors (Lipinski definition) is 5. The van der Waals surface area contributed by atoms with Gasteiger partial charge in [-0.25, -0.2) is 31.3 Å². The molecule has 0 fully saturated rings. The van der Waals surface area contributed by atoms with E-state index in [1.165, 1.54) is 40.8 Å². The summed E-state index contributed by atoms with van der Waals surface area (Å²) in [6.45, 7) is 1.67. The van der Waals surface area contributed by atoms with E-state index in [-0.39, 0.29) is 40.6 Å². The number of amides is 1. The summed E-state index contributed by atoms with van der Waals surface area (Å²) in [7, 11) is -2.39. The van der Waals surface area contributed by atoms with Crippen LogP contribution in [0.2, 0.25) is 0 Å². The third-order valence-corrected chi connectivity index (χ3v) is 7.04. The monoisotopic (exact) mass is 518 g/mol. The minimum Gasteiger partial charge on any atom is -0.363 e. The Morgan fingerprint density at radius 3 is 2.31 bits per heavy atom. The van der Waals surface area contributed by atoms with E-state index in [1.54, 1.807) is 6.92 Å². The summed E-state index contributed by atoms with van der Waals surface area (Å²) in [5.41, 5.74) is 6.00. The Balaban J connectivity index is 1.54. The summed E-state index contributed by atoms with van der Waals surface area (Å²) < 4.78 is 72.9. The van der Waals surface area contributed by atoms with Gasteiger partial charge in [0.25, 0.3) is 5.91 Å². The maximum absolute atomic E-state index is 15.1. The largest absolute Gasteiger partial charge is 0.363 e. The van der Waals surface area contributed by atoms with Gasteiger partial charge in [-0.3, -0.25) is 9.48 Å². The fraction of sp³-hybridized carbons (Fsp3) is 0.174. The van der Waals surface area contributed by atoms with Gasteiger partial charge in [-0.1, -0.05) is 6.07 Å². The molecule has 0 saturated carbocycles. The van der Waals surface area contributed by atoms with Gasteiger partial charge in [0.1, 0.15) is 5.82 Å². The van der Waals surface area contributed by atoms with Gasteiger partial charge < -0.3 is 10.3 Å². The van der Waals surface area contributed by atoms with Crippen molar-refractivity contribution in [1.29, 1.82) is 0 Å². The highest BCUT2D eigenvalue weighted by molar-refractivity contribution is 7.89.